The summed E-state index contributed by atoms with van der Waals surface area (Å²) in [5, 5.41) is 8.40. The molecule has 1 aromatic carbocycles. The van der Waals surface area contributed by atoms with Gasteiger partial charge >= 0.3 is 11.9 Å². The van der Waals surface area contributed by atoms with Gasteiger partial charge in [-0.2, -0.15) is 0 Å². The number of esters is 1. The van der Waals surface area contributed by atoms with E-state index in [1.54, 1.807) is 18.2 Å². The molecule has 0 unspecified atom stereocenters. The van der Waals surface area contributed by atoms with Gasteiger partial charge in [-0.25, -0.2) is 0 Å². The molecule has 5 heteroatoms. The topological polar surface area (TPSA) is 63.6 Å². The normalized spacial score (nSPS) is 9.81. The van der Waals surface area contributed by atoms with E-state index in [0.29, 0.717) is 16.6 Å². The van der Waals surface area contributed by atoms with Gasteiger partial charge in [0.1, 0.15) is 5.75 Å². The summed E-state index contributed by atoms with van der Waals surface area (Å²) in [5.41, 5.74) is 0. The second-order valence-corrected chi connectivity index (χ2v) is 4.01. The zero-order chi connectivity index (χ0) is 12.0. The first kappa shape index (κ1) is 12.7. The van der Waals surface area contributed by atoms with E-state index in [0.717, 1.165) is 0 Å². The van der Waals surface area contributed by atoms with Crippen molar-refractivity contribution in [2.24, 2.45) is 0 Å². The summed E-state index contributed by atoms with van der Waals surface area (Å²) in [6.45, 7) is 0. The van der Waals surface area contributed by atoms with E-state index in [-0.39, 0.29) is 12.8 Å². The Labute approximate surface area is 101 Å². The molecule has 0 saturated heterocycles. The number of carboxylic acid groups (broad SMARTS) is 1. The van der Waals surface area contributed by atoms with Gasteiger partial charge in [0.25, 0.3) is 0 Å². The largest absolute Gasteiger partial charge is 0.481 e. The van der Waals surface area contributed by atoms with Crippen molar-refractivity contribution in [2.75, 3.05) is 0 Å². The van der Waals surface area contributed by atoms with Crippen LogP contribution in [0.4, 0.5) is 0 Å². The van der Waals surface area contributed by atoms with Gasteiger partial charge in [0.05, 0.1) is 4.47 Å². The van der Waals surface area contributed by atoms with E-state index >= 15 is 0 Å². The van der Waals surface area contributed by atoms with Crippen LogP contribution in [0.5, 0.6) is 5.75 Å². The molecule has 0 aromatic heterocycles. The molecule has 4 nitrogen and oxygen atoms in total. The first-order valence-corrected chi connectivity index (χ1v) is 5.56. The Balaban J connectivity index is 2.40. The lowest BCUT2D eigenvalue weighted by Crippen LogP contribution is -2.08. The number of para-hydroxylation sites is 1. The highest BCUT2D eigenvalue weighted by atomic mass is 79.9. The number of carbonyl (C=O) groups excluding carboxylic acids is 1. The molecule has 1 N–H and O–H groups in total. The molecule has 1 aromatic rings. The third-order valence-corrected chi connectivity index (χ3v) is 2.49. The SMILES string of the molecule is O=C(O)CCCC(=O)Oc1ccccc1Br. The van der Waals surface area contributed by atoms with Crippen molar-refractivity contribution in [3.05, 3.63) is 28.7 Å². The second-order valence-electron chi connectivity index (χ2n) is 3.15. The molecule has 16 heavy (non-hydrogen) atoms. The van der Waals surface area contributed by atoms with Crippen molar-refractivity contribution in [2.45, 2.75) is 19.3 Å². The molecular formula is C11H11BrO4. The molecule has 86 valence electrons. The average Bonchev–Trinajstić information content (AvgIpc) is 2.21. The van der Waals surface area contributed by atoms with Crippen molar-refractivity contribution < 1.29 is 19.4 Å². The fraction of sp³-hybridized carbons (Fsp3) is 0.273. The first-order valence-electron chi connectivity index (χ1n) is 4.76. The predicted molar refractivity (Wildman–Crippen MR) is 61.3 cm³/mol. The smallest absolute Gasteiger partial charge is 0.311 e. The van der Waals surface area contributed by atoms with E-state index in [1.807, 2.05) is 6.07 Å². The van der Waals surface area contributed by atoms with Crippen LogP contribution in [-0.4, -0.2) is 17.0 Å². The van der Waals surface area contributed by atoms with Crippen molar-refractivity contribution in [3.8, 4) is 5.75 Å². The van der Waals surface area contributed by atoms with Gasteiger partial charge in [0.2, 0.25) is 0 Å². The summed E-state index contributed by atoms with van der Waals surface area (Å²) in [7, 11) is 0. The third-order valence-electron chi connectivity index (χ3n) is 1.83. The van der Waals surface area contributed by atoms with Gasteiger partial charge < -0.3 is 9.84 Å². The Morgan fingerprint density at radius 1 is 1.25 bits per heavy atom. The van der Waals surface area contributed by atoms with Crippen LogP contribution >= 0.6 is 15.9 Å². The molecule has 0 aliphatic heterocycles. The summed E-state index contributed by atoms with van der Waals surface area (Å²) in [6, 6.07) is 7.00. The number of benzene rings is 1. The van der Waals surface area contributed by atoms with Crippen LogP contribution < -0.4 is 4.74 Å². The van der Waals surface area contributed by atoms with Gasteiger partial charge in [-0.1, -0.05) is 12.1 Å². The van der Waals surface area contributed by atoms with E-state index in [4.69, 9.17) is 9.84 Å². The number of aliphatic carboxylic acids is 1. The lowest BCUT2D eigenvalue weighted by molar-refractivity contribution is -0.137. The Hall–Kier alpha value is -1.36. The summed E-state index contributed by atoms with van der Waals surface area (Å²) >= 11 is 3.24. The molecule has 0 atom stereocenters. The lowest BCUT2D eigenvalue weighted by Gasteiger charge is -2.05. The Morgan fingerprint density at radius 3 is 2.56 bits per heavy atom. The van der Waals surface area contributed by atoms with E-state index in [1.165, 1.54) is 0 Å². The van der Waals surface area contributed by atoms with Crippen LogP contribution in [0.15, 0.2) is 28.7 Å². The number of hydrogen-bond acceptors (Lipinski definition) is 3. The highest BCUT2D eigenvalue weighted by molar-refractivity contribution is 9.10. The van der Waals surface area contributed by atoms with Gasteiger partial charge in [-0.05, 0) is 34.5 Å². The molecule has 0 bridgehead atoms. The molecule has 0 aliphatic carbocycles. The van der Waals surface area contributed by atoms with E-state index in [2.05, 4.69) is 15.9 Å². The van der Waals surface area contributed by atoms with Crippen molar-refractivity contribution >= 4 is 27.9 Å². The standard InChI is InChI=1S/C11H11BrO4/c12-8-4-1-2-5-9(8)16-11(15)7-3-6-10(13)14/h1-2,4-5H,3,6-7H2,(H,13,14). The molecule has 0 radical (unpaired) electrons. The van der Waals surface area contributed by atoms with Crippen LogP contribution in [0.3, 0.4) is 0 Å². The molecule has 0 aliphatic rings. The van der Waals surface area contributed by atoms with E-state index in [9.17, 15) is 9.59 Å². The maximum absolute atomic E-state index is 11.3. The van der Waals surface area contributed by atoms with Crippen molar-refractivity contribution in [1.82, 2.24) is 0 Å². The Kier molecular flexibility index (Phi) is 4.98. The van der Waals surface area contributed by atoms with Gasteiger partial charge in [0.15, 0.2) is 0 Å². The highest BCUT2D eigenvalue weighted by Gasteiger charge is 2.08. The molecule has 0 heterocycles. The fourth-order valence-corrected chi connectivity index (χ4v) is 1.45. The first-order chi connectivity index (χ1) is 7.59. The summed E-state index contributed by atoms with van der Waals surface area (Å²) in [6.07, 6.45) is 0.372. The number of ether oxygens (including phenoxy) is 1. The molecule has 0 saturated carbocycles. The Bertz CT molecular complexity index is 389. The fourth-order valence-electron chi connectivity index (χ4n) is 1.09. The number of hydrogen-bond donors (Lipinski definition) is 1. The van der Waals surface area contributed by atoms with Crippen LogP contribution in [0.25, 0.3) is 0 Å². The number of rotatable bonds is 5. The maximum atomic E-state index is 11.3. The molecule has 0 amide bonds. The average molecular weight is 287 g/mol. The second kappa shape index (κ2) is 6.27. The monoisotopic (exact) mass is 286 g/mol. The summed E-state index contributed by atoms with van der Waals surface area (Å²) in [4.78, 5) is 21.5. The molecule has 0 spiro atoms. The maximum Gasteiger partial charge on any atom is 0.311 e. The zero-order valence-electron chi connectivity index (χ0n) is 8.48. The minimum atomic E-state index is -0.909. The third kappa shape index (κ3) is 4.44. The Morgan fingerprint density at radius 2 is 1.94 bits per heavy atom. The van der Waals surface area contributed by atoms with Gasteiger partial charge in [0, 0.05) is 12.8 Å². The van der Waals surface area contributed by atoms with Crippen LogP contribution in [0.2, 0.25) is 0 Å². The molecular weight excluding hydrogens is 276 g/mol. The van der Waals surface area contributed by atoms with Crippen molar-refractivity contribution in [1.29, 1.82) is 0 Å². The molecule has 0 fully saturated rings. The lowest BCUT2D eigenvalue weighted by atomic mass is 10.2. The quantitative estimate of drug-likeness (QED) is 0.668. The minimum absolute atomic E-state index is 0.0228. The number of carboxylic acids is 1. The molecule has 1 rings (SSSR count). The van der Waals surface area contributed by atoms with Crippen molar-refractivity contribution in [3.63, 3.8) is 0 Å². The van der Waals surface area contributed by atoms with Gasteiger partial charge in [-0.15, -0.1) is 0 Å². The highest BCUT2D eigenvalue weighted by Crippen LogP contribution is 2.24. The van der Waals surface area contributed by atoms with Crippen LogP contribution in [0.1, 0.15) is 19.3 Å². The number of carbonyl (C=O) groups is 2. The summed E-state index contributed by atoms with van der Waals surface area (Å²) < 4.78 is 5.74. The van der Waals surface area contributed by atoms with Crippen LogP contribution in [0, 0.1) is 0 Å². The minimum Gasteiger partial charge on any atom is -0.481 e. The zero-order valence-corrected chi connectivity index (χ0v) is 10.1. The van der Waals surface area contributed by atoms with Crippen LogP contribution in [-0.2, 0) is 9.59 Å². The summed E-state index contributed by atoms with van der Waals surface area (Å²) in [5.74, 6) is -0.885. The predicted octanol–water partition coefficient (Wildman–Crippen LogP) is 2.61. The number of halogens is 1. The van der Waals surface area contributed by atoms with Gasteiger partial charge in [-0.3, -0.25) is 9.59 Å². The van der Waals surface area contributed by atoms with E-state index < -0.39 is 11.9 Å².